The molecule has 4 nitrogen and oxygen atoms in total. The fourth-order valence-corrected chi connectivity index (χ4v) is 2.31. The summed E-state index contributed by atoms with van der Waals surface area (Å²) in [6.45, 7) is 5.05. The van der Waals surface area contributed by atoms with Crippen molar-refractivity contribution in [1.29, 1.82) is 0 Å². The molecular formula is C18H19F2N3OS. The number of hydrogen-bond acceptors (Lipinski definition) is 3. The first kappa shape index (κ1) is 18.7. The number of alkyl halides is 2. The summed E-state index contributed by atoms with van der Waals surface area (Å²) < 4.78 is 28.6. The number of ether oxygens (including phenoxy) is 1. The van der Waals surface area contributed by atoms with Gasteiger partial charge in [0.2, 0.25) is 0 Å². The second-order valence-corrected chi connectivity index (χ2v) is 5.81. The second kappa shape index (κ2) is 8.43. The largest absolute Gasteiger partial charge is 0.435 e. The summed E-state index contributed by atoms with van der Waals surface area (Å²) in [5.41, 5.74) is 10.1. The summed E-state index contributed by atoms with van der Waals surface area (Å²) in [6.07, 6.45) is 0. The molecule has 25 heavy (non-hydrogen) atoms. The Labute approximate surface area is 150 Å². The molecule has 0 heterocycles. The van der Waals surface area contributed by atoms with Gasteiger partial charge in [0.05, 0.1) is 5.70 Å². The van der Waals surface area contributed by atoms with Crippen molar-refractivity contribution in [3.05, 3.63) is 65.7 Å². The van der Waals surface area contributed by atoms with E-state index in [4.69, 9.17) is 12.2 Å². The molecule has 0 amide bonds. The number of halogens is 2. The molecule has 0 saturated carbocycles. The molecule has 0 fully saturated rings. The maximum Gasteiger partial charge on any atom is 0.387 e. The Bertz CT molecular complexity index is 763. The van der Waals surface area contributed by atoms with E-state index < -0.39 is 6.61 Å². The molecule has 0 spiro atoms. The van der Waals surface area contributed by atoms with E-state index in [-0.39, 0.29) is 5.75 Å². The van der Waals surface area contributed by atoms with E-state index >= 15 is 0 Å². The molecule has 0 unspecified atom stereocenters. The van der Waals surface area contributed by atoms with Gasteiger partial charge >= 0.3 is 6.61 Å². The highest BCUT2D eigenvalue weighted by Gasteiger charge is 2.06. The third-order valence-electron chi connectivity index (χ3n) is 3.38. The van der Waals surface area contributed by atoms with Crippen LogP contribution in [-0.2, 0) is 0 Å². The van der Waals surface area contributed by atoms with Gasteiger partial charge < -0.3 is 10.1 Å². The molecular weight excluding hydrogens is 344 g/mol. The van der Waals surface area contributed by atoms with Crippen LogP contribution in [0.4, 0.5) is 14.5 Å². The third-order valence-corrected chi connectivity index (χ3v) is 3.59. The van der Waals surface area contributed by atoms with Gasteiger partial charge in [-0.15, -0.1) is 0 Å². The molecule has 2 aromatic carbocycles. The number of thiocarbonyl (C=S) groups is 1. The molecule has 2 aromatic rings. The normalized spacial score (nSPS) is 10.3. The Morgan fingerprint density at radius 3 is 2.36 bits per heavy atom. The van der Waals surface area contributed by atoms with Crippen molar-refractivity contribution in [3.8, 4) is 5.75 Å². The van der Waals surface area contributed by atoms with Crippen LogP contribution >= 0.6 is 12.2 Å². The molecule has 0 aliphatic heterocycles. The van der Waals surface area contributed by atoms with E-state index in [1.165, 1.54) is 17.7 Å². The summed E-state index contributed by atoms with van der Waals surface area (Å²) in [6, 6.07) is 12.1. The van der Waals surface area contributed by atoms with Crippen LogP contribution in [0.5, 0.6) is 5.75 Å². The number of rotatable bonds is 6. The molecule has 0 atom stereocenters. The molecule has 3 N–H and O–H groups in total. The Kier molecular flexibility index (Phi) is 6.30. The van der Waals surface area contributed by atoms with E-state index in [9.17, 15) is 8.78 Å². The average Bonchev–Trinajstić information content (AvgIpc) is 2.55. The van der Waals surface area contributed by atoms with Gasteiger partial charge in [-0.2, -0.15) is 8.78 Å². The highest BCUT2D eigenvalue weighted by molar-refractivity contribution is 7.80. The molecule has 0 saturated heterocycles. The number of aryl methyl sites for hydroxylation is 2. The Morgan fingerprint density at radius 1 is 1.08 bits per heavy atom. The maximum absolute atomic E-state index is 12.1. The minimum Gasteiger partial charge on any atom is -0.435 e. The predicted molar refractivity (Wildman–Crippen MR) is 101 cm³/mol. The van der Waals surface area contributed by atoms with Crippen LogP contribution in [0.3, 0.4) is 0 Å². The number of hydrogen-bond donors (Lipinski definition) is 3. The summed E-state index contributed by atoms with van der Waals surface area (Å²) in [7, 11) is 0. The van der Waals surface area contributed by atoms with Crippen molar-refractivity contribution in [1.82, 2.24) is 10.9 Å². The van der Waals surface area contributed by atoms with Gasteiger partial charge in [0.1, 0.15) is 5.75 Å². The van der Waals surface area contributed by atoms with Crippen LogP contribution in [-0.4, -0.2) is 11.7 Å². The number of benzene rings is 2. The molecule has 0 aliphatic carbocycles. The molecule has 0 bridgehead atoms. The van der Waals surface area contributed by atoms with Crippen LogP contribution in [0.2, 0.25) is 0 Å². The molecule has 0 radical (unpaired) electrons. The smallest absolute Gasteiger partial charge is 0.387 e. The lowest BCUT2D eigenvalue weighted by molar-refractivity contribution is -0.0498. The quantitative estimate of drug-likeness (QED) is 0.526. The number of nitrogens with one attached hydrogen (secondary N) is 3. The fourth-order valence-electron chi connectivity index (χ4n) is 2.15. The lowest BCUT2D eigenvalue weighted by atomic mass is 10.1. The summed E-state index contributed by atoms with van der Waals surface area (Å²) in [5, 5.41) is 3.47. The summed E-state index contributed by atoms with van der Waals surface area (Å²) in [5.74, 6) is 0.0894. The molecule has 7 heteroatoms. The number of anilines is 1. The van der Waals surface area contributed by atoms with Crippen LogP contribution in [0.15, 0.2) is 49.0 Å². The zero-order valence-electron chi connectivity index (χ0n) is 13.9. The van der Waals surface area contributed by atoms with Gasteiger partial charge in [-0.25, -0.2) is 0 Å². The van der Waals surface area contributed by atoms with Gasteiger partial charge in [-0.1, -0.05) is 24.3 Å². The third kappa shape index (κ3) is 5.72. The van der Waals surface area contributed by atoms with E-state index in [0.29, 0.717) is 16.4 Å². The van der Waals surface area contributed by atoms with Gasteiger partial charge in [-0.05, 0) is 67.5 Å². The molecule has 132 valence electrons. The van der Waals surface area contributed by atoms with Crippen molar-refractivity contribution < 1.29 is 13.5 Å². The van der Waals surface area contributed by atoms with E-state index in [1.54, 1.807) is 12.1 Å². The lowest BCUT2D eigenvalue weighted by Gasteiger charge is -2.16. The van der Waals surface area contributed by atoms with E-state index in [1.807, 2.05) is 26.0 Å². The van der Waals surface area contributed by atoms with Gasteiger partial charge in [0.15, 0.2) is 5.11 Å². The van der Waals surface area contributed by atoms with Crippen molar-refractivity contribution >= 4 is 28.7 Å². The topological polar surface area (TPSA) is 45.3 Å². The Hall–Kier alpha value is -2.67. The predicted octanol–water partition coefficient (Wildman–Crippen LogP) is 4.37. The first-order valence-electron chi connectivity index (χ1n) is 7.49. The second-order valence-electron chi connectivity index (χ2n) is 5.40. The lowest BCUT2D eigenvalue weighted by Crippen LogP contribution is -2.38. The molecule has 0 aliphatic rings. The highest BCUT2D eigenvalue weighted by atomic mass is 32.1. The zero-order valence-corrected chi connectivity index (χ0v) is 14.7. The van der Waals surface area contributed by atoms with Crippen LogP contribution in [0.1, 0.15) is 16.7 Å². The summed E-state index contributed by atoms with van der Waals surface area (Å²) >= 11 is 5.24. The van der Waals surface area contributed by atoms with Crippen LogP contribution in [0.25, 0.3) is 5.70 Å². The first-order valence-corrected chi connectivity index (χ1v) is 7.90. The van der Waals surface area contributed by atoms with Crippen molar-refractivity contribution in [3.63, 3.8) is 0 Å². The van der Waals surface area contributed by atoms with Crippen LogP contribution < -0.4 is 20.9 Å². The highest BCUT2D eigenvalue weighted by Crippen LogP contribution is 2.18. The van der Waals surface area contributed by atoms with Crippen molar-refractivity contribution in [2.45, 2.75) is 20.5 Å². The standard InChI is InChI=1S/C18H19F2N3OS/c1-11-4-9-16(12(2)10-11)21-18(25)23-22-13(3)14-5-7-15(8-6-14)24-17(19)20/h4-10,17,22H,3H2,1-2H3,(H2,21,23,25). The number of hydrazine groups is 1. The van der Waals surface area contributed by atoms with Gasteiger partial charge in [-0.3, -0.25) is 10.9 Å². The Morgan fingerprint density at radius 2 is 1.76 bits per heavy atom. The fraction of sp³-hybridized carbons (Fsp3) is 0.167. The SMILES string of the molecule is C=C(NNC(=S)Nc1ccc(C)cc1C)c1ccc(OC(F)F)cc1. The van der Waals surface area contributed by atoms with Gasteiger partial charge in [0.25, 0.3) is 0 Å². The summed E-state index contributed by atoms with van der Waals surface area (Å²) in [4.78, 5) is 0. The van der Waals surface area contributed by atoms with E-state index in [2.05, 4.69) is 33.6 Å². The molecule has 0 aromatic heterocycles. The maximum atomic E-state index is 12.1. The first-order chi connectivity index (χ1) is 11.8. The van der Waals surface area contributed by atoms with E-state index in [0.717, 1.165) is 11.3 Å². The minimum absolute atomic E-state index is 0.0894. The van der Waals surface area contributed by atoms with Crippen LogP contribution in [0, 0.1) is 13.8 Å². The zero-order chi connectivity index (χ0) is 18.4. The minimum atomic E-state index is -2.84. The molecule has 2 rings (SSSR count). The van der Waals surface area contributed by atoms with Gasteiger partial charge in [0, 0.05) is 5.69 Å². The van der Waals surface area contributed by atoms with Crippen molar-refractivity contribution in [2.24, 2.45) is 0 Å². The average molecular weight is 363 g/mol. The monoisotopic (exact) mass is 363 g/mol. The Balaban J connectivity index is 1.87. The van der Waals surface area contributed by atoms with Crippen molar-refractivity contribution in [2.75, 3.05) is 5.32 Å².